The highest BCUT2D eigenvalue weighted by atomic mass is 35.5. The van der Waals surface area contributed by atoms with Gasteiger partial charge in [-0.1, -0.05) is 18.5 Å². The van der Waals surface area contributed by atoms with Gasteiger partial charge >= 0.3 is 0 Å². The zero-order valence-corrected chi connectivity index (χ0v) is 10.1. The summed E-state index contributed by atoms with van der Waals surface area (Å²) in [6.07, 6.45) is 1.22. The smallest absolute Gasteiger partial charge is 0.123 e. The minimum Gasteiger partial charge on any atom is -0.396 e. The lowest BCUT2D eigenvalue weighted by molar-refractivity contribution is 0.127. The van der Waals surface area contributed by atoms with Crippen LogP contribution in [0.25, 0.3) is 0 Å². The third kappa shape index (κ3) is 2.94. The van der Waals surface area contributed by atoms with Gasteiger partial charge in [-0.2, -0.15) is 0 Å². The van der Waals surface area contributed by atoms with Gasteiger partial charge in [-0.05, 0) is 36.6 Å². The zero-order chi connectivity index (χ0) is 12.2. The van der Waals surface area contributed by atoms with Gasteiger partial charge in [-0.25, -0.2) is 4.39 Å². The molecule has 0 aliphatic heterocycles. The number of benzene rings is 1. The monoisotopic (exact) mass is 245 g/mol. The zero-order valence-electron chi connectivity index (χ0n) is 9.34. The summed E-state index contributed by atoms with van der Waals surface area (Å²) in [6, 6.07) is 4.25. The SMILES string of the molecule is CCC(CN)(CO)Cc1cc(F)ccc1Cl. The molecule has 0 spiro atoms. The van der Waals surface area contributed by atoms with E-state index in [1.165, 1.54) is 18.2 Å². The molecule has 0 amide bonds. The first-order chi connectivity index (χ1) is 7.56. The number of hydrogen-bond acceptors (Lipinski definition) is 2. The van der Waals surface area contributed by atoms with Crippen LogP contribution in [0.2, 0.25) is 5.02 Å². The highest BCUT2D eigenvalue weighted by Crippen LogP contribution is 2.29. The number of aliphatic hydroxyl groups excluding tert-OH is 1. The van der Waals surface area contributed by atoms with Gasteiger partial charge in [-0.15, -0.1) is 0 Å². The van der Waals surface area contributed by atoms with Crippen molar-refractivity contribution in [2.45, 2.75) is 19.8 Å². The number of rotatable bonds is 5. The fraction of sp³-hybridized carbons (Fsp3) is 0.500. The molecule has 4 heteroatoms. The first-order valence-corrected chi connectivity index (χ1v) is 5.69. The second-order valence-electron chi connectivity index (χ2n) is 4.13. The first kappa shape index (κ1) is 13.4. The molecular formula is C12H17ClFNO. The van der Waals surface area contributed by atoms with Crippen LogP contribution in [0.3, 0.4) is 0 Å². The van der Waals surface area contributed by atoms with E-state index in [1.807, 2.05) is 6.92 Å². The molecular weight excluding hydrogens is 229 g/mol. The summed E-state index contributed by atoms with van der Waals surface area (Å²) in [6.45, 7) is 2.29. The molecule has 1 atom stereocenters. The maximum atomic E-state index is 13.1. The maximum Gasteiger partial charge on any atom is 0.123 e. The Balaban J connectivity index is 2.97. The standard InChI is InChI=1S/C12H17ClFNO/c1-2-12(7-15,8-16)6-9-5-10(14)3-4-11(9)13/h3-5,16H,2,6-8,15H2,1H3. The summed E-state index contributed by atoms with van der Waals surface area (Å²) in [4.78, 5) is 0. The molecule has 16 heavy (non-hydrogen) atoms. The summed E-state index contributed by atoms with van der Waals surface area (Å²) in [5, 5.41) is 9.90. The van der Waals surface area contributed by atoms with E-state index in [0.29, 0.717) is 23.6 Å². The van der Waals surface area contributed by atoms with Crippen LogP contribution in [0, 0.1) is 11.2 Å². The molecule has 0 saturated carbocycles. The Morgan fingerprint density at radius 3 is 2.69 bits per heavy atom. The molecule has 0 bridgehead atoms. The van der Waals surface area contributed by atoms with Crippen molar-refractivity contribution in [3.63, 3.8) is 0 Å². The first-order valence-electron chi connectivity index (χ1n) is 5.32. The Labute approximate surface area is 100 Å². The van der Waals surface area contributed by atoms with Crippen molar-refractivity contribution < 1.29 is 9.50 Å². The maximum absolute atomic E-state index is 13.1. The van der Waals surface area contributed by atoms with Gasteiger partial charge in [0.25, 0.3) is 0 Å². The minimum atomic E-state index is -0.405. The lowest BCUT2D eigenvalue weighted by Crippen LogP contribution is -2.36. The van der Waals surface area contributed by atoms with Crippen LogP contribution >= 0.6 is 11.6 Å². The van der Waals surface area contributed by atoms with Crippen molar-refractivity contribution in [2.75, 3.05) is 13.2 Å². The van der Waals surface area contributed by atoms with Crippen LogP contribution in [-0.2, 0) is 6.42 Å². The number of aliphatic hydroxyl groups is 1. The molecule has 1 unspecified atom stereocenters. The Hall–Kier alpha value is -0.640. The fourth-order valence-corrected chi connectivity index (χ4v) is 1.84. The van der Waals surface area contributed by atoms with E-state index in [9.17, 15) is 9.50 Å². The predicted molar refractivity (Wildman–Crippen MR) is 64.0 cm³/mol. The van der Waals surface area contributed by atoms with Crippen molar-refractivity contribution in [3.05, 3.63) is 34.6 Å². The molecule has 90 valence electrons. The molecule has 0 saturated heterocycles. The largest absolute Gasteiger partial charge is 0.396 e. The van der Waals surface area contributed by atoms with Gasteiger partial charge in [0.2, 0.25) is 0 Å². The molecule has 0 aliphatic rings. The number of hydrogen-bond donors (Lipinski definition) is 2. The molecule has 1 aromatic rings. The van der Waals surface area contributed by atoms with E-state index >= 15 is 0 Å². The van der Waals surface area contributed by atoms with Crippen LogP contribution in [0.4, 0.5) is 4.39 Å². The van der Waals surface area contributed by atoms with Gasteiger partial charge < -0.3 is 10.8 Å². The molecule has 3 N–H and O–H groups in total. The summed E-state index contributed by atoms with van der Waals surface area (Å²) in [5.41, 5.74) is 5.96. The Bertz CT molecular complexity index is 345. The van der Waals surface area contributed by atoms with Crippen LogP contribution in [-0.4, -0.2) is 18.3 Å². The average molecular weight is 246 g/mol. The topological polar surface area (TPSA) is 46.2 Å². The van der Waals surface area contributed by atoms with Crippen molar-refractivity contribution >= 4 is 11.6 Å². The molecule has 2 nitrogen and oxygen atoms in total. The van der Waals surface area contributed by atoms with Crippen molar-refractivity contribution in [1.29, 1.82) is 0 Å². The van der Waals surface area contributed by atoms with Crippen molar-refractivity contribution in [2.24, 2.45) is 11.1 Å². The highest BCUT2D eigenvalue weighted by molar-refractivity contribution is 6.31. The Kier molecular flexibility index (Phi) is 4.71. The summed E-state index contributed by atoms with van der Waals surface area (Å²) in [5.74, 6) is -0.320. The third-order valence-electron chi connectivity index (χ3n) is 3.09. The van der Waals surface area contributed by atoms with E-state index < -0.39 is 5.41 Å². The Morgan fingerprint density at radius 2 is 2.19 bits per heavy atom. The van der Waals surface area contributed by atoms with E-state index in [4.69, 9.17) is 17.3 Å². The molecule has 1 rings (SSSR count). The third-order valence-corrected chi connectivity index (χ3v) is 3.46. The summed E-state index contributed by atoms with van der Waals surface area (Å²) >= 11 is 5.98. The van der Waals surface area contributed by atoms with E-state index in [-0.39, 0.29) is 12.4 Å². The van der Waals surface area contributed by atoms with Gasteiger partial charge in [0.1, 0.15) is 5.82 Å². The van der Waals surface area contributed by atoms with Gasteiger partial charge in [-0.3, -0.25) is 0 Å². The molecule has 0 aromatic heterocycles. The van der Waals surface area contributed by atoms with Gasteiger partial charge in [0.05, 0.1) is 6.61 Å². The quantitative estimate of drug-likeness (QED) is 0.837. The second-order valence-corrected chi connectivity index (χ2v) is 4.54. The predicted octanol–water partition coefficient (Wildman–Crippen LogP) is 2.37. The van der Waals surface area contributed by atoms with E-state index in [1.54, 1.807) is 0 Å². The molecule has 0 aliphatic carbocycles. The highest BCUT2D eigenvalue weighted by Gasteiger charge is 2.27. The van der Waals surface area contributed by atoms with Crippen LogP contribution in [0.15, 0.2) is 18.2 Å². The van der Waals surface area contributed by atoms with E-state index in [2.05, 4.69) is 0 Å². The lowest BCUT2D eigenvalue weighted by atomic mass is 9.80. The second kappa shape index (κ2) is 5.62. The van der Waals surface area contributed by atoms with Crippen molar-refractivity contribution in [1.82, 2.24) is 0 Å². The van der Waals surface area contributed by atoms with Crippen LogP contribution in [0.5, 0.6) is 0 Å². The summed E-state index contributed by atoms with van der Waals surface area (Å²) in [7, 11) is 0. The number of nitrogens with two attached hydrogens (primary N) is 1. The van der Waals surface area contributed by atoms with Crippen molar-refractivity contribution in [3.8, 4) is 0 Å². The number of halogens is 2. The molecule has 0 fully saturated rings. The molecule has 1 aromatic carbocycles. The minimum absolute atomic E-state index is 0.0210. The summed E-state index contributed by atoms with van der Waals surface area (Å²) < 4.78 is 13.1. The Morgan fingerprint density at radius 1 is 1.50 bits per heavy atom. The van der Waals surface area contributed by atoms with E-state index in [0.717, 1.165) is 6.42 Å². The fourth-order valence-electron chi connectivity index (χ4n) is 1.66. The van der Waals surface area contributed by atoms with Crippen LogP contribution in [0.1, 0.15) is 18.9 Å². The lowest BCUT2D eigenvalue weighted by Gasteiger charge is -2.29. The molecule has 0 heterocycles. The molecule has 0 radical (unpaired) electrons. The average Bonchev–Trinajstić information content (AvgIpc) is 2.31. The van der Waals surface area contributed by atoms with Gasteiger partial charge in [0.15, 0.2) is 0 Å². The normalized spacial score (nSPS) is 14.8. The van der Waals surface area contributed by atoms with Crippen LogP contribution < -0.4 is 5.73 Å². The van der Waals surface area contributed by atoms with Gasteiger partial charge in [0, 0.05) is 17.0 Å².